The lowest BCUT2D eigenvalue weighted by molar-refractivity contribution is 0.561. The van der Waals surface area contributed by atoms with Crippen molar-refractivity contribution in [2.45, 2.75) is 4.90 Å². The maximum Gasteiger partial charge on any atom is 0.106 e. The zero-order valence-corrected chi connectivity index (χ0v) is 5.98. The fraction of sp³-hybridized carbons (Fsp3) is 0.167. The fourth-order valence-electron chi connectivity index (χ4n) is 0.498. The summed E-state index contributed by atoms with van der Waals surface area (Å²) in [6, 6.07) is 1.66. The first kappa shape index (κ1) is 6.42. The number of hydrogen-bond donors (Lipinski definition) is 0. The third kappa shape index (κ3) is 1.36. The smallest absolute Gasteiger partial charge is 0.106 e. The highest BCUT2D eigenvalue weighted by Crippen LogP contribution is 2.06. The van der Waals surface area contributed by atoms with Crippen molar-refractivity contribution >= 4 is 15.4 Å². The van der Waals surface area contributed by atoms with E-state index in [1.54, 1.807) is 12.3 Å². The highest BCUT2D eigenvalue weighted by atomic mass is 32.2. The first-order valence-electron chi connectivity index (χ1n) is 2.45. The Kier molecular flexibility index (Phi) is 1.37. The van der Waals surface area contributed by atoms with Gasteiger partial charge in [-0.1, -0.05) is 0 Å². The molecule has 0 radical (unpaired) electrons. The molecule has 1 aromatic heterocycles. The summed E-state index contributed by atoms with van der Waals surface area (Å²) in [6.07, 6.45) is 4.52. The Labute approximate surface area is 54.5 Å². The molecule has 0 N–H and O–H groups in total. The first-order chi connectivity index (χ1) is 4.11. The van der Waals surface area contributed by atoms with E-state index in [-0.39, 0.29) is 0 Å². The van der Waals surface area contributed by atoms with Crippen LogP contribution in [0.4, 0.5) is 0 Å². The van der Waals surface area contributed by atoms with Crippen LogP contribution in [0.3, 0.4) is 0 Å². The normalized spacial score (nSPS) is 17.0. The number of furan rings is 1. The van der Waals surface area contributed by atoms with Gasteiger partial charge in [-0.3, -0.25) is 4.21 Å². The molecule has 0 spiro atoms. The molecule has 0 aliphatic rings. The lowest BCUT2D eigenvalue weighted by Crippen LogP contribution is -1.92. The summed E-state index contributed by atoms with van der Waals surface area (Å²) >= 11 is 0. The zero-order valence-electron chi connectivity index (χ0n) is 5.16. The summed E-state index contributed by atoms with van der Waals surface area (Å²) in [5, 5.41) is 0. The molecule has 9 heavy (non-hydrogen) atoms. The van der Waals surface area contributed by atoms with Gasteiger partial charge >= 0.3 is 0 Å². The molecule has 1 heterocycles. The highest BCUT2D eigenvalue weighted by Gasteiger charge is 1.99. The van der Waals surface area contributed by atoms with Gasteiger partial charge in [-0.2, -0.15) is 0 Å². The Bertz CT molecular complexity index is 268. The van der Waals surface area contributed by atoms with E-state index in [0.29, 0.717) is 4.90 Å². The lowest BCUT2D eigenvalue weighted by atomic mass is 10.7. The molecule has 1 atom stereocenters. The average molecular weight is 144 g/mol. The summed E-state index contributed by atoms with van der Waals surface area (Å²) in [5.74, 6) is 3.48. The van der Waals surface area contributed by atoms with Crippen molar-refractivity contribution in [2.75, 3.05) is 6.26 Å². The lowest BCUT2D eigenvalue weighted by Gasteiger charge is -1.92. The van der Waals surface area contributed by atoms with Gasteiger partial charge in [0.1, 0.15) is 6.26 Å². The first-order valence-corrected chi connectivity index (χ1v) is 4.59. The zero-order chi connectivity index (χ0) is 6.91. The highest BCUT2D eigenvalue weighted by molar-refractivity contribution is 7.99. The quantitative estimate of drug-likeness (QED) is 0.550. The van der Waals surface area contributed by atoms with E-state index in [1.807, 2.05) is 0 Å². The van der Waals surface area contributed by atoms with Crippen LogP contribution in [0.1, 0.15) is 0 Å². The molecule has 2 nitrogen and oxygen atoms in total. The molecule has 0 saturated heterocycles. The average Bonchev–Trinajstić information content (AvgIpc) is 2.08. The molecular formula is C6H8O2S. The van der Waals surface area contributed by atoms with Crippen molar-refractivity contribution < 1.29 is 8.63 Å². The van der Waals surface area contributed by atoms with Crippen LogP contribution in [0, 0.1) is 0 Å². The van der Waals surface area contributed by atoms with E-state index in [0.717, 1.165) is 0 Å². The summed E-state index contributed by atoms with van der Waals surface area (Å²) in [6.45, 7) is 0. The second-order valence-corrected chi connectivity index (χ2v) is 4.45. The van der Waals surface area contributed by atoms with E-state index in [4.69, 9.17) is 4.42 Å². The number of rotatable bonds is 1. The summed E-state index contributed by atoms with van der Waals surface area (Å²) < 4.78 is 15.8. The fourth-order valence-corrected chi connectivity index (χ4v) is 1.10. The van der Waals surface area contributed by atoms with Crippen molar-refractivity contribution in [1.82, 2.24) is 0 Å². The molecule has 0 bridgehead atoms. The molecule has 3 heteroatoms. The standard InChI is InChI=1S/C6H8O2S/c1-9(2,7)6-3-4-8-5-6/h3-5H,1H2,2H3. The Morgan fingerprint density at radius 1 is 1.78 bits per heavy atom. The third-order valence-corrected chi connectivity index (χ3v) is 2.22. The van der Waals surface area contributed by atoms with Crippen molar-refractivity contribution in [3.8, 4) is 0 Å². The van der Waals surface area contributed by atoms with Crippen LogP contribution in [0.2, 0.25) is 0 Å². The van der Waals surface area contributed by atoms with Crippen LogP contribution < -0.4 is 0 Å². The topological polar surface area (TPSA) is 30.2 Å². The van der Waals surface area contributed by atoms with E-state index in [2.05, 4.69) is 5.87 Å². The maximum atomic E-state index is 11.1. The molecule has 0 aliphatic heterocycles. The van der Waals surface area contributed by atoms with Crippen LogP contribution in [0.15, 0.2) is 27.9 Å². The SMILES string of the molecule is C=S(C)(=O)c1ccoc1. The minimum Gasteiger partial charge on any atom is -0.471 e. The Morgan fingerprint density at radius 2 is 2.44 bits per heavy atom. The summed E-state index contributed by atoms with van der Waals surface area (Å²) in [4.78, 5) is 0.669. The second kappa shape index (κ2) is 1.92. The molecule has 1 unspecified atom stereocenters. The van der Waals surface area contributed by atoms with Crippen molar-refractivity contribution in [1.29, 1.82) is 0 Å². The molecule has 0 aromatic carbocycles. The van der Waals surface area contributed by atoms with Crippen LogP contribution >= 0.6 is 0 Å². The minimum absolute atomic E-state index is 0.669. The Hall–Kier alpha value is -0.700. The van der Waals surface area contributed by atoms with Gasteiger partial charge in [0, 0.05) is 6.26 Å². The van der Waals surface area contributed by atoms with Crippen LogP contribution in [0.25, 0.3) is 0 Å². The van der Waals surface area contributed by atoms with E-state index in [1.165, 1.54) is 12.5 Å². The molecule has 50 valence electrons. The van der Waals surface area contributed by atoms with Gasteiger partial charge < -0.3 is 4.42 Å². The van der Waals surface area contributed by atoms with E-state index >= 15 is 0 Å². The molecular weight excluding hydrogens is 136 g/mol. The van der Waals surface area contributed by atoms with Gasteiger partial charge in [-0.15, -0.1) is 0 Å². The van der Waals surface area contributed by atoms with Gasteiger partial charge in [0.15, 0.2) is 0 Å². The maximum absolute atomic E-state index is 11.1. The van der Waals surface area contributed by atoms with Gasteiger partial charge in [0.25, 0.3) is 0 Å². The molecule has 1 rings (SSSR count). The largest absolute Gasteiger partial charge is 0.471 e. The van der Waals surface area contributed by atoms with Crippen molar-refractivity contribution in [2.24, 2.45) is 0 Å². The summed E-state index contributed by atoms with van der Waals surface area (Å²) in [7, 11) is -2.05. The summed E-state index contributed by atoms with van der Waals surface area (Å²) in [5.41, 5.74) is 0. The van der Waals surface area contributed by atoms with Gasteiger partial charge in [0.05, 0.1) is 11.2 Å². The Balaban J connectivity index is 3.20. The predicted molar refractivity (Wildman–Crippen MR) is 38.2 cm³/mol. The molecule has 0 aliphatic carbocycles. The van der Waals surface area contributed by atoms with Crippen LogP contribution in [0.5, 0.6) is 0 Å². The second-order valence-electron chi connectivity index (χ2n) is 1.96. The van der Waals surface area contributed by atoms with E-state index in [9.17, 15) is 4.21 Å². The molecule has 0 saturated carbocycles. The monoisotopic (exact) mass is 144 g/mol. The minimum atomic E-state index is -2.05. The van der Waals surface area contributed by atoms with Crippen molar-refractivity contribution in [3.63, 3.8) is 0 Å². The Morgan fingerprint density at radius 3 is 2.67 bits per heavy atom. The molecule has 0 amide bonds. The molecule has 1 aromatic rings. The van der Waals surface area contributed by atoms with Gasteiger partial charge in [-0.25, -0.2) is 0 Å². The predicted octanol–water partition coefficient (Wildman–Crippen LogP) is 0.985. The molecule has 0 fully saturated rings. The van der Waals surface area contributed by atoms with Crippen LogP contribution in [-0.4, -0.2) is 16.3 Å². The van der Waals surface area contributed by atoms with Crippen molar-refractivity contribution in [3.05, 3.63) is 18.6 Å². The van der Waals surface area contributed by atoms with Crippen LogP contribution in [-0.2, 0) is 9.52 Å². The van der Waals surface area contributed by atoms with Gasteiger partial charge in [-0.05, 0) is 21.5 Å². The number of hydrogen-bond acceptors (Lipinski definition) is 2. The third-order valence-electron chi connectivity index (χ3n) is 0.994. The van der Waals surface area contributed by atoms with Gasteiger partial charge in [0.2, 0.25) is 0 Å². The van der Waals surface area contributed by atoms with E-state index < -0.39 is 9.52 Å².